The fourth-order valence-electron chi connectivity index (χ4n) is 2.59. The Kier molecular flexibility index (Phi) is 5.37. The number of anilines is 2. The summed E-state index contributed by atoms with van der Waals surface area (Å²) >= 11 is 0. The molecule has 0 aliphatic rings. The van der Waals surface area contributed by atoms with Crippen molar-refractivity contribution < 1.29 is 4.79 Å². The average Bonchev–Trinajstić information content (AvgIpc) is 2.50. The average molecular weight is 311 g/mol. The number of aromatic nitrogens is 1. The van der Waals surface area contributed by atoms with Gasteiger partial charge in [0.25, 0.3) is 5.91 Å². The molecule has 1 aromatic heterocycles. The van der Waals surface area contributed by atoms with Gasteiger partial charge in [-0.25, -0.2) is 0 Å². The second-order valence-electron chi connectivity index (χ2n) is 6.11. The molecule has 2 rings (SSSR count). The van der Waals surface area contributed by atoms with Crippen LogP contribution in [0.1, 0.15) is 47.4 Å². The van der Waals surface area contributed by atoms with Crippen LogP contribution in [0, 0.1) is 20.8 Å². The molecule has 0 aliphatic heterocycles. The number of carbonyl (C=O) groups excluding carboxylic acids is 1. The minimum Gasteiger partial charge on any atom is -0.382 e. The van der Waals surface area contributed by atoms with E-state index >= 15 is 0 Å². The van der Waals surface area contributed by atoms with Gasteiger partial charge in [-0.05, 0) is 57.4 Å². The molecule has 1 aromatic carbocycles. The monoisotopic (exact) mass is 311 g/mol. The highest BCUT2D eigenvalue weighted by Crippen LogP contribution is 2.22. The molecule has 4 heteroatoms. The van der Waals surface area contributed by atoms with Crippen LogP contribution in [0.5, 0.6) is 0 Å². The van der Waals surface area contributed by atoms with E-state index in [0.29, 0.717) is 11.7 Å². The minimum absolute atomic E-state index is 0.187. The summed E-state index contributed by atoms with van der Waals surface area (Å²) in [5.74, 6) is -0.187. The molecule has 0 saturated carbocycles. The molecule has 0 saturated heterocycles. The molecule has 1 amide bonds. The Morgan fingerprint density at radius 3 is 2.43 bits per heavy atom. The van der Waals surface area contributed by atoms with Crippen molar-refractivity contribution in [3.63, 3.8) is 0 Å². The largest absolute Gasteiger partial charge is 0.382 e. The van der Waals surface area contributed by atoms with Crippen molar-refractivity contribution in [2.24, 2.45) is 0 Å². The Morgan fingerprint density at radius 1 is 1.17 bits per heavy atom. The zero-order chi connectivity index (χ0) is 17.0. The first-order valence-electron chi connectivity index (χ1n) is 8.02. The van der Waals surface area contributed by atoms with Gasteiger partial charge in [0.15, 0.2) is 0 Å². The maximum atomic E-state index is 12.5. The number of nitrogens with zero attached hydrogens (tertiary/aromatic N) is 1. The van der Waals surface area contributed by atoms with Crippen molar-refractivity contribution in [3.05, 3.63) is 52.8 Å². The van der Waals surface area contributed by atoms with E-state index in [4.69, 9.17) is 0 Å². The molecule has 0 bridgehead atoms. The van der Waals surface area contributed by atoms with Gasteiger partial charge in [-0.15, -0.1) is 0 Å². The molecular weight excluding hydrogens is 286 g/mol. The van der Waals surface area contributed by atoms with Crippen LogP contribution in [0.4, 0.5) is 11.4 Å². The molecule has 0 fully saturated rings. The van der Waals surface area contributed by atoms with Gasteiger partial charge >= 0.3 is 0 Å². The smallest absolute Gasteiger partial charge is 0.274 e. The molecule has 0 aliphatic carbocycles. The number of pyridine rings is 1. The third kappa shape index (κ3) is 4.31. The highest BCUT2D eigenvalue weighted by atomic mass is 16.1. The summed E-state index contributed by atoms with van der Waals surface area (Å²) < 4.78 is 0. The van der Waals surface area contributed by atoms with Crippen molar-refractivity contribution in [2.45, 2.75) is 47.1 Å². The van der Waals surface area contributed by atoms with E-state index < -0.39 is 0 Å². The van der Waals surface area contributed by atoms with E-state index in [-0.39, 0.29) is 5.91 Å². The van der Waals surface area contributed by atoms with Crippen LogP contribution in [0.25, 0.3) is 0 Å². The Bertz CT molecular complexity index is 687. The first-order valence-corrected chi connectivity index (χ1v) is 8.02. The van der Waals surface area contributed by atoms with E-state index in [1.54, 1.807) is 12.3 Å². The highest BCUT2D eigenvalue weighted by Gasteiger charge is 2.12. The van der Waals surface area contributed by atoms with Crippen LogP contribution < -0.4 is 10.6 Å². The lowest BCUT2D eigenvalue weighted by molar-refractivity contribution is 0.102. The van der Waals surface area contributed by atoms with Crippen LogP contribution in [0.15, 0.2) is 30.5 Å². The predicted molar refractivity (Wildman–Crippen MR) is 96.2 cm³/mol. The van der Waals surface area contributed by atoms with Crippen LogP contribution in [-0.2, 0) is 0 Å². The lowest BCUT2D eigenvalue weighted by Gasteiger charge is -2.15. The van der Waals surface area contributed by atoms with E-state index in [2.05, 4.69) is 48.5 Å². The lowest BCUT2D eigenvalue weighted by atomic mass is 10.0. The fraction of sp³-hybridized carbons (Fsp3) is 0.368. The van der Waals surface area contributed by atoms with Crippen LogP contribution in [0.2, 0.25) is 0 Å². The zero-order valence-corrected chi connectivity index (χ0v) is 14.5. The van der Waals surface area contributed by atoms with Gasteiger partial charge in [0.1, 0.15) is 5.69 Å². The summed E-state index contributed by atoms with van der Waals surface area (Å²) in [7, 11) is 0. The van der Waals surface area contributed by atoms with Crippen molar-refractivity contribution >= 4 is 17.3 Å². The molecule has 0 spiro atoms. The first kappa shape index (κ1) is 17.0. The first-order chi connectivity index (χ1) is 10.9. The van der Waals surface area contributed by atoms with Crippen LogP contribution >= 0.6 is 0 Å². The van der Waals surface area contributed by atoms with E-state index in [1.165, 1.54) is 5.56 Å². The van der Waals surface area contributed by atoms with Gasteiger partial charge in [0, 0.05) is 23.6 Å². The molecule has 2 aromatic rings. The van der Waals surface area contributed by atoms with Crippen molar-refractivity contribution in [3.8, 4) is 0 Å². The normalized spacial score (nSPS) is 11.9. The molecule has 4 nitrogen and oxygen atoms in total. The number of nitrogens with one attached hydrogen (secondary N) is 2. The van der Waals surface area contributed by atoms with Crippen LogP contribution in [0.3, 0.4) is 0 Å². The van der Waals surface area contributed by atoms with Crippen LogP contribution in [-0.4, -0.2) is 16.9 Å². The molecule has 122 valence electrons. The summed E-state index contributed by atoms with van der Waals surface area (Å²) in [5.41, 5.74) is 5.50. The summed E-state index contributed by atoms with van der Waals surface area (Å²) in [6.07, 6.45) is 2.68. The summed E-state index contributed by atoms with van der Waals surface area (Å²) in [6, 6.07) is 8.16. The maximum absolute atomic E-state index is 12.5. The fourth-order valence-corrected chi connectivity index (χ4v) is 2.59. The number of aryl methyl sites for hydroxylation is 3. The number of benzene rings is 1. The van der Waals surface area contributed by atoms with Crippen molar-refractivity contribution in [1.82, 2.24) is 4.98 Å². The van der Waals surface area contributed by atoms with Crippen molar-refractivity contribution in [2.75, 3.05) is 10.6 Å². The zero-order valence-electron chi connectivity index (χ0n) is 14.5. The summed E-state index contributed by atoms with van der Waals surface area (Å²) in [5, 5.41) is 6.35. The van der Waals surface area contributed by atoms with E-state index in [1.807, 2.05) is 19.9 Å². The van der Waals surface area contributed by atoms with Gasteiger partial charge in [-0.1, -0.05) is 24.6 Å². The van der Waals surface area contributed by atoms with Gasteiger partial charge < -0.3 is 10.6 Å². The predicted octanol–water partition coefficient (Wildman–Crippen LogP) is 4.47. The third-order valence-electron chi connectivity index (χ3n) is 3.93. The SMILES string of the molecule is CCC(C)Nc1ccnc(C(=O)Nc2c(C)cc(C)cc2C)c1. The Balaban J connectivity index is 2.20. The van der Waals surface area contributed by atoms with Gasteiger partial charge in [0.2, 0.25) is 0 Å². The Hall–Kier alpha value is -2.36. The number of amides is 1. The second-order valence-corrected chi connectivity index (χ2v) is 6.11. The molecule has 23 heavy (non-hydrogen) atoms. The van der Waals surface area contributed by atoms with E-state index in [0.717, 1.165) is 28.9 Å². The van der Waals surface area contributed by atoms with Gasteiger partial charge in [-0.2, -0.15) is 0 Å². The third-order valence-corrected chi connectivity index (χ3v) is 3.93. The quantitative estimate of drug-likeness (QED) is 0.856. The summed E-state index contributed by atoms with van der Waals surface area (Å²) in [6.45, 7) is 10.3. The Labute approximate surface area is 138 Å². The number of rotatable bonds is 5. The maximum Gasteiger partial charge on any atom is 0.274 e. The lowest BCUT2D eigenvalue weighted by Crippen LogP contribution is -2.17. The highest BCUT2D eigenvalue weighted by molar-refractivity contribution is 6.04. The van der Waals surface area contributed by atoms with Gasteiger partial charge in [0.05, 0.1) is 0 Å². The summed E-state index contributed by atoms with van der Waals surface area (Å²) in [4.78, 5) is 16.7. The van der Waals surface area contributed by atoms with E-state index in [9.17, 15) is 4.79 Å². The molecule has 1 heterocycles. The minimum atomic E-state index is -0.187. The molecule has 0 radical (unpaired) electrons. The Morgan fingerprint density at radius 2 is 1.83 bits per heavy atom. The second kappa shape index (κ2) is 7.27. The van der Waals surface area contributed by atoms with Crippen molar-refractivity contribution in [1.29, 1.82) is 0 Å². The number of hydrogen-bond donors (Lipinski definition) is 2. The number of carbonyl (C=O) groups is 1. The van der Waals surface area contributed by atoms with Gasteiger partial charge in [-0.3, -0.25) is 9.78 Å². The molecule has 1 unspecified atom stereocenters. The standard InChI is InChI=1S/C19H25N3O/c1-6-15(5)21-16-7-8-20-17(11-16)19(23)22-18-13(3)9-12(2)10-14(18)4/h7-11,15H,6H2,1-5H3,(H,20,21)(H,22,23). The number of hydrogen-bond acceptors (Lipinski definition) is 3. The molecule has 1 atom stereocenters. The topological polar surface area (TPSA) is 54.0 Å². The molecular formula is C19H25N3O. The molecule has 2 N–H and O–H groups in total.